The van der Waals surface area contributed by atoms with Crippen LogP contribution < -0.4 is 10.6 Å². The molecule has 2 heterocycles. The molecule has 2 aliphatic heterocycles. The van der Waals surface area contributed by atoms with E-state index in [0.717, 1.165) is 16.7 Å². The number of amides is 2. The molecule has 6 nitrogen and oxygen atoms in total. The van der Waals surface area contributed by atoms with Gasteiger partial charge < -0.3 is 15.4 Å². The van der Waals surface area contributed by atoms with Crippen LogP contribution in [-0.4, -0.2) is 29.5 Å². The Morgan fingerprint density at radius 2 is 2.04 bits per heavy atom. The lowest BCUT2D eigenvalue weighted by Gasteiger charge is -2.34. The summed E-state index contributed by atoms with van der Waals surface area (Å²) in [6, 6.07) is 9.54. The minimum Gasteiger partial charge on any atom is -0.461 e. The summed E-state index contributed by atoms with van der Waals surface area (Å²) in [5, 5.41) is 6.02. The Morgan fingerprint density at radius 1 is 1.23 bits per heavy atom. The molecule has 4 rings (SSSR count). The van der Waals surface area contributed by atoms with Crippen molar-refractivity contribution >= 4 is 12.0 Å². The van der Waals surface area contributed by atoms with Gasteiger partial charge in [-0.3, -0.25) is 9.69 Å². The SMILES string of the molecule is O=C(N[C@H]1C[C@H](C(=O)OCc2ccccc2)C1)N1C=C2C=CNC=C2C1. The van der Waals surface area contributed by atoms with E-state index in [1.165, 1.54) is 0 Å². The molecule has 1 aromatic rings. The highest BCUT2D eigenvalue weighted by Gasteiger charge is 2.37. The van der Waals surface area contributed by atoms with Crippen molar-refractivity contribution in [3.05, 3.63) is 71.7 Å². The third-order valence-electron chi connectivity index (χ3n) is 4.91. The highest BCUT2D eigenvalue weighted by atomic mass is 16.5. The summed E-state index contributed by atoms with van der Waals surface area (Å²) in [6.45, 7) is 0.860. The summed E-state index contributed by atoms with van der Waals surface area (Å²) < 4.78 is 5.36. The summed E-state index contributed by atoms with van der Waals surface area (Å²) in [5.74, 6) is -0.312. The number of carbonyl (C=O) groups is 2. The number of hydrogen-bond donors (Lipinski definition) is 2. The summed E-state index contributed by atoms with van der Waals surface area (Å²) in [5.41, 5.74) is 3.12. The van der Waals surface area contributed by atoms with E-state index in [9.17, 15) is 9.59 Å². The molecule has 0 saturated heterocycles. The molecular weight excluding hydrogens is 330 g/mol. The van der Waals surface area contributed by atoms with Crippen LogP contribution in [0.2, 0.25) is 0 Å². The van der Waals surface area contributed by atoms with Crippen LogP contribution in [0.4, 0.5) is 4.79 Å². The van der Waals surface area contributed by atoms with Crippen LogP contribution in [0.1, 0.15) is 18.4 Å². The molecule has 2 amide bonds. The molecule has 1 saturated carbocycles. The van der Waals surface area contributed by atoms with Gasteiger partial charge in [0.05, 0.1) is 12.5 Å². The van der Waals surface area contributed by atoms with E-state index < -0.39 is 0 Å². The number of hydrogen-bond acceptors (Lipinski definition) is 4. The normalized spacial score (nSPS) is 23.2. The van der Waals surface area contributed by atoms with E-state index in [2.05, 4.69) is 10.6 Å². The molecule has 134 valence electrons. The Balaban J connectivity index is 1.20. The second-order valence-corrected chi connectivity index (χ2v) is 6.79. The number of allylic oxidation sites excluding steroid dienone is 1. The zero-order chi connectivity index (χ0) is 17.9. The zero-order valence-electron chi connectivity index (χ0n) is 14.4. The minimum atomic E-state index is -0.185. The maximum Gasteiger partial charge on any atom is 0.321 e. The Hall–Kier alpha value is -3.02. The van der Waals surface area contributed by atoms with Crippen molar-refractivity contribution in [1.82, 2.24) is 15.5 Å². The Morgan fingerprint density at radius 3 is 2.81 bits per heavy atom. The first-order valence-corrected chi connectivity index (χ1v) is 8.80. The lowest BCUT2D eigenvalue weighted by atomic mass is 9.80. The van der Waals surface area contributed by atoms with Crippen molar-refractivity contribution in [1.29, 1.82) is 0 Å². The molecular formula is C20H21N3O3. The minimum absolute atomic E-state index is 0.0282. The molecule has 1 aromatic carbocycles. The van der Waals surface area contributed by atoms with Crippen LogP contribution >= 0.6 is 0 Å². The first-order chi connectivity index (χ1) is 12.7. The first kappa shape index (κ1) is 16.4. The van der Waals surface area contributed by atoms with Gasteiger partial charge in [-0.15, -0.1) is 0 Å². The van der Waals surface area contributed by atoms with E-state index in [-0.39, 0.29) is 24.0 Å². The topological polar surface area (TPSA) is 70.7 Å². The number of ether oxygens (including phenoxy) is 1. The molecule has 2 N–H and O–H groups in total. The van der Waals surface area contributed by atoms with Crippen molar-refractivity contribution in [2.45, 2.75) is 25.5 Å². The molecule has 3 aliphatic rings. The van der Waals surface area contributed by atoms with Crippen molar-refractivity contribution in [2.24, 2.45) is 5.92 Å². The lowest BCUT2D eigenvalue weighted by Crippen LogP contribution is -2.50. The predicted octanol–water partition coefficient (Wildman–Crippen LogP) is 2.42. The maximum absolute atomic E-state index is 12.4. The molecule has 0 bridgehead atoms. The third-order valence-corrected chi connectivity index (χ3v) is 4.91. The number of nitrogens with zero attached hydrogens (tertiary/aromatic N) is 1. The molecule has 0 unspecified atom stereocenters. The van der Waals surface area contributed by atoms with Crippen LogP contribution in [0, 0.1) is 5.92 Å². The van der Waals surface area contributed by atoms with E-state index in [0.29, 0.717) is 26.0 Å². The van der Waals surface area contributed by atoms with Gasteiger partial charge in [0.25, 0.3) is 0 Å². The van der Waals surface area contributed by atoms with Gasteiger partial charge in [-0.2, -0.15) is 0 Å². The number of carbonyl (C=O) groups excluding carboxylic acids is 2. The number of dihydropyridines is 1. The average molecular weight is 351 g/mol. The number of nitrogens with one attached hydrogen (secondary N) is 2. The van der Waals surface area contributed by atoms with E-state index >= 15 is 0 Å². The first-order valence-electron chi connectivity index (χ1n) is 8.80. The van der Waals surface area contributed by atoms with E-state index in [4.69, 9.17) is 4.74 Å². The molecule has 26 heavy (non-hydrogen) atoms. The largest absolute Gasteiger partial charge is 0.461 e. The van der Waals surface area contributed by atoms with Crippen LogP contribution in [0.15, 0.2) is 66.2 Å². The summed E-state index contributed by atoms with van der Waals surface area (Å²) in [4.78, 5) is 26.1. The van der Waals surface area contributed by atoms with Gasteiger partial charge in [0.1, 0.15) is 6.61 Å². The standard InChI is InChI=1S/C20H21N3O3/c24-19(26-13-14-4-2-1-3-5-14)16-8-18(9-16)22-20(25)23-11-15-6-7-21-10-17(15)12-23/h1-7,10-11,16,18,21H,8-9,12-13H2,(H,22,25)/t16-,18-. The van der Waals surface area contributed by atoms with E-state index in [1.54, 1.807) is 4.90 Å². The summed E-state index contributed by atoms with van der Waals surface area (Å²) >= 11 is 0. The molecule has 0 spiro atoms. The van der Waals surface area contributed by atoms with Crippen LogP contribution in [-0.2, 0) is 16.1 Å². The number of urea groups is 1. The fourth-order valence-electron chi connectivity index (χ4n) is 3.30. The van der Waals surface area contributed by atoms with Crippen LogP contribution in [0.3, 0.4) is 0 Å². The molecule has 6 heteroatoms. The summed E-state index contributed by atoms with van der Waals surface area (Å²) in [6.07, 6.45) is 8.81. The number of benzene rings is 1. The number of esters is 1. The van der Waals surface area contributed by atoms with Crippen LogP contribution in [0.5, 0.6) is 0 Å². The quantitative estimate of drug-likeness (QED) is 0.818. The lowest BCUT2D eigenvalue weighted by molar-refractivity contribution is -0.153. The van der Waals surface area contributed by atoms with Gasteiger partial charge in [-0.25, -0.2) is 4.79 Å². The molecule has 1 aliphatic carbocycles. The Labute approximate surface area is 152 Å². The molecule has 0 radical (unpaired) electrons. The second kappa shape index (κ2) is 7.07. The average Bonchev–Trinajstić information content (AvgIpc) is 3.07. The fourth-order valence-corrected chi connectivity index (χ4v) is 3.30. The number of fused-ring (bicyclic) bond motifs is 1. The number of rotatable bonds is 4. The van der Waals surface area contributed by atoms with Gasteiger partial charge in [0.15, 0.2) is 0 Å². The van der Waals surface area contributed by atoms with Crippen molar-refractivity contribution < 1.29 is 14.3 Å². The van der Waals surface area contributed by atoms with Gasteiger partial charge in [0.2, 0.25) is 0 Å². The molecule has 0 atom stereocenters. The van der Waals surface area contributed by atoms with Gasteiger partial charge in [-0.1, -0.05) is 30.3 Å². The van der Waals surface area contributed by atoms with Gasteiger partial charge >= 0.3 is 12.0 Å². The highest BCUT2D eigenvalue weighted by molar-refractivity contribution is 5.79. The van der Waals surface area contributed by atoms with Gasteiger partial charge in [0, 0.05) is 24.6 Å². The fraction of sp³-hybridized carbons (Fsp3) is 0.300. The van der Waals surface area contributed by atoms with Crippen molar-refractivity contribution in [3.8, 4) is 0 Å². The Kier molecular flexibility index (Phi) is 4.48. The summed E-state index contributed by atoms with van der Waals surface area (Å²) in [7, 11) is 0. The molecule has 0 aromatic heterocycles. The van der Waals surface area contributed by atoms with Crippen molar-refractivity contribution in [3.63, 3.8) is 0 Å². The molecule has 1 fully saturated rings. The zero-order valence-corrected chi connectivity index (χ0v) is 14.4. The van der Waals surface area contributed by atoms with E-state index in [1.807, 2.05) is 55.0 Å². The van der Waals surface area contributed by atoms with Crippen LogP contribution in [0.25, 0.3) is 0 Å². The Bertz CT molecular complexity index is 792. The monoisotopic (exact) mass is 351 g/mol. The second-order valence-electron chi connectivity index (χ2n) is 6.79. The van der Waals surface area contributed by atoms with Gasteiger partial charge in [-0.05, 0) is 35.6 Å². The van der Waals surface area contributed by atoms with Crippen molar-refractivity contribution in [2.75, 3.05) is 6.54 Å². The smallest absolute Gasteiger partial charge is 0.321 e. The highest BCUT2D eigenvalue weighted by Crippen LogP contribution is 2.30. The third kappa shape index (κ3) is 3.49. The predicted molar refractivity (Wildman–Crippen MR) is 96.4 cm³/mol. The maximum atomic E-state index is 12.4.